The van der Waals surface area contributed by atoms with Gasteiger partial charge in [0.05, 0.1) is 11.7 Å². The molecule has 0 saturated heterocycles. The second kappa shape index (κ2) is 6.99. The Morgan fingerprint density at radius 3 is 2.23 bits per heavy atom. The van der Waals surface area contributed by atoms with E-state index < -0.39 is 5.60 Å². The van der Waals surface area contributed by atoms with E-state index in [2.05, 4.69) is 32.1 Å². The number of hydrogen-bond acceptors (Lipinski definition) is 2. The third kappa shape index (κ3) is 3.67. The Labute approximate surface area is 156 Å². The minimum absolute atomic E-state index is 0.0683. The molecule has 1 amide bonds. The molecule has 3 nitrogen and oxygen atoms in total. The first-order chi connectivity index (χ1) is 12.3. The Balaban J connectivity index is 2.17. The van der Waals surface area contributed by atoms with Crippen LogP contribution >= 0.6 is 0 Å². The first-order valence-electron chi connectivity index (χ1n) is 9.16. The molecule has 1 aliphatic heterocycles. The second-order valence-corrected chi connectivity index (χ2v) is 8.06. The standard InChI is InChI=1S/C23H27NO2/c1-16(2)21-19-14-10-9-13-18(19)15-20(17-11-7-6-8-12-17)24(21)22(25)26-23(3,4)5/h6-16,21H,1-5H3. The van der Waals surface area contributed by atoms with Crippen LogP contribution in [-0.4, -0.2) is 16.6 Å². The summed E-state index contributed by atoms with van der Waals surface area (Å²) < 4.78 is 5.77. The molecule has 3 rings (SSSR count). The summed E-state index contributed by atoms with van der Waals surface area (Å²) in [6.07, 6.45) is 1.79. The third-order valence-electron chi connectivity index (χ3n) is 4.44. The van der Waals surface area contributed by atoms with Gasteiger partial charge < -0.3 is 4.74 Å². The number of hydrogen-bond donors (Lipinski definition) is 0. The zero-order valence-electron chi connectivity index (χ0n) is 16.2. The fourth-order valence-corrected chi connectivity index (χ4v) is 3.43. The fourth-order valence-electron chi connectivity index (χ4n) is 3.43. The maximum atomic E-state index is 13.2. The van der Waals surface area contributed by atoms with Gasteiger partial charge in [0.1, 0.15) is 5.60 Å². The van der Waals surface area contributed by atoms with Crippen molar-refractivity contribution in [3.63, 3.8) is 0 Å². The van der Waals surface area contributed by atoms with Crippen molar-refractivity contribution >= 4 is 17.9 Å². The number of carbonyl (C=O) groups is 1. The first-order valence-corrected chi connectivity index (χ1v) is 9.16. The predicted octanol–water partition coefficient (Wildman–Crippen LogP) is 6.13. The fraction of sp³-hybridized carbons (Fsp3) is 0.348. The Morgan fingerprint density at radius 1 is 1.00 bits per heavy atom. The average molecular weight is 349 g/mol. The molecule has 0 radical (unpaired) electrons. The van der Waals surface area contributed by atoms with Crippen LogP contribution in [0.1, 0.15) is 57.4 Å². The van der Waals surface area contributed by atoms with Crippen LogP contribution in [0.3, 0.4) is 0 Å². The smallest absolute Gasteiger partial charge is 0.415 e. The molecule has 0 aliphatic carbocycles. The van der Waals surface area contributed by atoms with Crippen LogP contribution < -0.4 is 0 Å². The average Bonchev–Trinajstić information content (AvgIpc) is 2.59. The van der Waals surface area contributed by atoms with Crippen LogP contribution in [0.4, 0.5) is 4.79 Å². The topological polar surface area (TPSA) is 29.5 Å². The van der Waals surface area contributed by atoms with Crippen molar-refractivity contribution in [3.05, 3.63) is 71.3 Å². The normalized spacial score (nSPS) is 16.9. The zero-order valence-corrected chi connectivity index (χ0v) is 16.2. The summed E-state index contributed by atoms with van der Waals surface area (Å²) in [6, 6.07) is 18.3. The number of benzene rings is 2. The maximum Gasteiger partial charge on any atom is 0.415 e. The van der Waals surface area contributed by atoms with Crippen molar-refractivity contribution in [2.75, 3.05) is 0 Å². The molecule has 1 aliphatic rings. The summed E-state index contributed by atoms with van der Waals surface area (Å²) in [7, 11) is 0. The molecular weight excluding hydrogens is 322 g/mol. The second-order valence-electron chi connectivity index (χ2n) is 8.06. The van der Waals surface area contributed by atoms with E-state index in [0.29, 0.717) is 0 Å². The van der Waals surface area contributed by atoms with Gasteiger partial charge in [0.2, 0.25) is 0 Å². The van der Waals surface area contributed by atoms with Gasteiger partial charge in [-0.25, -0.2) is 4.79 Å². The van der Waals surface area contributed by atoms with Crippen LogP contribution in [0.5, 0.6) is 0 Å². The molecular formula is C23H27NO2. The Hall–Kier alpha value is -2.55. The Bertz CT molecular complexity index is 816. The predicted molar refractivity (Wildman–Crippen MR) is 106 cm³/mol. The van der Waals surface area contributed by atoms with Crippen LogP contribution in [0.2, 0.25) is 0 Å². The van der Waals surface area contributed by atoms with E-state index >= 15 is 0 Å². The van der Waals surface area contributed by atoms with Crippen LogP contribution in [0.15, 0.2) is 54.6 Å². The Morgan fingerprint density at radius 2 is 1.62 bits per heavy atom. The van der Waals surface area contributed by atoms with Gasteiger partial charge in [-0.3, -0.25) is 4.90 Å². The SMILES string of the molecule is CC(C)C1c2ccccc2C=C(c2ccccc2)N1C(=O)OC(C)(C)C. The molecule has 0 spiro atoms. The van der Waals surface area contributed by atoms with Crippen LogP contribution in [-0.2, 0) is 4.74 Å². The molecule has 0 fully saturated rings. The molecule has 0 aromatic heterocycles. The highest BCUT2D eigenvalue weighted by Crippen LogP contribution is 2.42. The number of rotatable bonds is 2. The van der Waals surface area contributed by atoms with Crippen molar-refractivity contribution in [1.29, 1.82) is 0 Å². The molecule has 1 atom stereocenters. The molecule has 0 N–H and O–H groups in total. The van der Waals surface area contributed by atoms with Gasteiger partial charge in [-0.1, -0.05) is 68.4 Å². The molecule has 1 unspecified atom stereocenters. The minimum atomic E-state index is -0.544. The van der Waals surface area contributed by atoms with Crippen molar-refractivity contribution in [1.82, 2.24) is 4.90 Å². The molecule has 26 heavy (non-hydrogen) atoms. The number of nitrogens with zero attached hydrogens (tertiary/aromatic N) is 1. The maximum absolute atomic E-state index is 13.2. The van der Waals surface area contributed by atoms with Crippen molar-refractivity contribution in [2.45, 2.75) is 46.3 Å². The summed E-state index contributed by atoms with van der Waals surface area (Å²) in [5.74, 6) is 0.246. The van der Waals surface area contributed by atoms with E-state index in [1.807, 2.05) is 68.1 Å². The summed E-state index contributed by atoms with van der Waals surface area (Å²) >= 11 is 0. The van der Waals surface area contributed by atoms with E-state index in [1.165, 1.54) is 0 Å². The van der Waals surface area contributed by atoms with Crippen molar-refractivity contribution < 1.29 is 9.53 Å². The molecule has 2 aromatic carbocycles. The van der Waals surface area contributed by atoms with Crippen LogP contribution in [0, 0.1) is 5.92 Å². The molecule has 0 saturated carbocycles. The molecule has 1 heterocycles. The number of carbonyl (C=O) groups excluding carboxylic acids is 1. The highest BCUT2D eigenvalue weighted by atomic mass is 16.6. The molecule has 3 heteroatoms. The summed E-state index contributed by atoms with van der Waals surface area (Å²) in [5, 5.41) is 0. The van der Waals surface area contributed by atoms with E-state index in [0.717, 1.165) is 22.4 Å². The molecule has 2 aromatic rings. The quantitative estimate of drug-likeness (QED) is 0.652. The van der Waals surface area contributed by atoms with Crippen molar-refractivity contribution in [2.24, 2.45) is 5.92 Å². The van der Waals surface area contributed by atoms with Gasteiger partial charge in [-0.2, -0.15) is 0 Å². The van der Waals surface area contributed by atoms with E-state index in [4.69, 9.17) is 4.74 Å². The number of fused-ring (bicyclic) bond motifs is 1. The lowest BCUT2D eigenvalue weighted by Crippen LogP contribution is -2.41. The first kappa shape index (κ1) is 18.2. The Kier molecular flexibility index (Phi) is 4.90. The highest BCUT2D eigenvalue weighted by Gasteiger charge is 2.37. The third-order valence-corrected chi connectivity index (χ3v) is 4.44. The largest absolute Gasteiger partial charge is 0.443 e. The lowest BCUT2D eigenvalue weighted by Gasteiger charge is -2.40. The van der Waals surface area contributed by atoms with Crippen LogP contribution in [0.25, 0.3) is 11.8 Å². The summed E-state index contributed by atoms with van der Waals surface area (Å²) in [4.78, 5) is 15.0. The van der Waals surface area contributed by atoms with Gasteiger partial charge in [0, 0.05) is 0 Å². The van der Waals surface area contributed by atoms with Gasteiger partial charge in [0.15, 0.2) is 0 Å². The number of amides is 1. The van der Waals surface area contributed by atoms with Gasteiger partial charge in [-0.15, -0.1) is 0 Å². The lowest BCUT2D eigenvalue weighted by atomic mass is 9.86. The van der Waals surface area contributed by atoms with Crippen molar-refractivity contribution in [3.8, 4) is 0 Å². The lowest BCUT2D eigenvalue weighted by molar-refractivity contribution is 0.0251. The summed E-state index contributed by atoms with van der Waals surface area (Å²) in [6.45, 7) is 10.00. The number of ether oxygens (including phenoxy) is 1. The minimum Gasteiger partial charge on any atom is -0.443 e. The monoisotopic (exact) mass is 349 g/mol. The van der Waals surface area contributed by atoms with Gasteiger partial charge in [0.25, 0.3) is 0 Å². The van der Waals surface area contributed by atoms with Gasteiger partial charge >= 0.3 is 6.09 Å². The van der Waals surface area contributed by atoms with Gasteiger partial charge in [-0.05, 0) is 49.5 Å². The van der Waals surface area contributed by atoms with E-state index in [1.54, 1.807) is 0 Å². The van der Waals surface area contributed by atoms with E-state index in [9.17, 15) is 4.79 Å². The summed E-state index contributed by atoms with van der Waals surface area (Å²) in [5.41, 5.74) is 3.67. The van der Waals surface area contributed by atoms with E-state index in [-0.39, 0.29) is 18.1 Å². The zero-order chi connectivity index (χ0) is 18.9. The molecule has 0 bridgehead atoms. The highest BCUT2D eigenvalue weighted by molar-refractivity contribution is 5.92. The molecule has 136 valence electrons.